The SMILES string of the molecule is O=C(C[NH2+]C12CC3CC(CC(C3)C1)C2)NCc1ccc(Cl)cc1. The van der Waals surface area contributed by atoms with E-state index in [0.29, 0.717) is 18.6 Å². The maximum Gasteiger partial charge on any atom is 0.275 e. The maximum atomic E-state index is 12.2. The number of carbonyl (C=O) groups is 1. The Morgan fingerprint density at radius 1 is 1.09 bits per heavy atom. The molecule has 3 nitrogen and oxygen atoms in total. The van der Waals surface area contributed by atoms with Crippen LogP contribution in [0.15, 0.2) is 24.3 Å². The van der Waals surface area contributed by atoms with E-state index in [2.05, 4.69) is 10.6 Å². The highest BCUT2D eigenvalue weighted by molar-refractivity contribution is 6.30. The van der Waals surface area contributed by atoms with E-state index in [9.17, 15) is 4.79 Å². The van der Waals surface area contributed by atoms with Crippen molar-refractivity contribution in [2.24, 2.45) is 17.8 Å². The number of benzene rings is 1. The van der Waals surface area contributed by atoms with Gasteiger partial charge in [-0.15, -0.1) is 0 Å². The summed E-state index contributed by atoms with van der Waals surface area (Å²) in [7, 11) is 0. The standard InChI is InChI=1S/C19H25ClN2O/c20-17-3-1-13(2-4-17)11-21-18(23)12-22-19-8-14-5-15(9-19)7-16(6-14)10-19/h1-4,14-16,22H,5-12H2,(H,21,23)/p+1. The molecule has 5 rings (SSSR count). The van der Waals surface area contributed by atoms with Gasteiger partial charge in [0.1, 0.15) is 0 Å². The number of hydrogen-bond acceptors (Lipinski definition) is 1. The van der Waals surface area contributed by atoms with Crippen LogP contribution in [-0.4, -0.2) is 18.0 Å². The van der Waals surface area contributed by atoms with E-state index in [4.69, 9.17) is 11.6 Å². The zero-order valence-electron chi connectivity index (χ0n) is 13.6. The smallest absolute Gasteiger partial charge is 0.275 e. The molecule has 4 saturated carbocycles. The van der Waals surface area contributed by atoms with E-state index < -0.39 is 0 Å². The number of amides is 1. The van der Waals surface area contributed by atoms with Crippen LogP contribution in [-0.2, 0) is 11.3 Å². The summed E-state index contributed by atoms with van der Waals surface area (Å²) in [5.41, 5.74) is 1.48. The number of hydrogen-bond donors (Lipinski definition) is 2. The minimum Gasteiger partial charge on any atom is -0.347 e. The van der Waals surface area contributed by atoms with E-state index >= 15 is 0 Å². The molecule has 1 amide bonds. The molecule has 4 aliphatic rings. The number of quaternary nitrogens is 1. The summed E-state index contributed by atoms with van der Waals surface area (Å²) in [5, 5.41) is 6.14. The molecule has 0 radical (unpaired) electrons. The van der Waals surface area contributed by atoms with Gasteiger partial charge < -0.3 is 10.6 Å². The van der Waals surface area contributed by atoms with Crippen LogP contribution in [0.5, 0.6) is 0 Å². The molecule has 4 bridgehead atoms. The zero-order valence-corrected chi connectivity index (χ0v) is 14.3. The van der Waals surface area contributed by atoms with Crippen LogP contribution in [0.1, 0.15) is 44.1 Å². The largest absolute Gasteiger partial charge is 0.347 e. The molecule has 4 aliphatic carbocycles. The second kappa shape index (κ2) is 6.10. The highest BCUT2D eigenvalue weighted by Gasteiger charge is 2.53. The highest BCUT2D eigenvalue weighted by Crippen LogP contribution is 2.54. The fourth-order valence-electron chi connectivity index (χ4n) is 5.61. The number of halogens is 1. The van der Waals surface area contributed by atoms with Gasteiger partial charge in [-0.25, -0.2) is 0 Å². The Kier molecular flexibility index (Phi) is 4.10. The number of rotatable bonds is 5. The first-order valence-electron chi connectivity index (χ1n) is 8.96. The van der Waals surface area contributed by atoms with Gasteiger partial charge in [0.15, 0.2) is 6.54 Å². The van der Waals surface area contributed by atoms with E-state index in [1.807, 2.05) is 24.3 Å². The molecule has 0 spiro atoms. The number of nitrogens with one attached hydrogen (secondary N) is 1. The lowest BCUT2D eigenvalue weighted by Crippen LogP contribution is -3.00. The van der Waals surface area contributed by atoms with E-state index in [1.165, 1.54) is 38.5 Å². The van der Waals surface area contributed by atoms with Crippen molar-refractivity contribution in [2.75, 3.05) is 6.54 Å². The van der Waals surface area contributed by atoms with Crippen LogP contribution in [0, 0.1) is 17.8 Å². The van der Waals surface area contributed by atoms with Crippen LogP contribution in [0.3, 0.4) is 0 Å². The Hall–Kier alpha value is -1.06. The summed E-state index contributed by atoms with van der Waals surface area (Å²) in [6, 6.07) is 7.66. The number of nitrogens with two attached hydrogens (primary N) is 1. The average Bonchev–Trinajstić information content (AvgIpc) is 2.51. The fourth-order valence-corrected chi connectivity index (χ4v) is 5.74. The summed E-state index contributed by atoms with van der Waals surface area (Å²) in [4.78, 5) is 12.2. The molecular weight excluding hydrogens is 308 g/mol. The Bertz CT molecular complexity index is 548. The van der Waals surface area contributed by atoms with Gasteiger partial charge >= 0.3 is 0 Å². The first-order valence-corrected chi connectivity index (χ1v) is 9.33. The quantitative estimate of drug-likeness (QED) is 0.854. The lowest BCUT2D eigenvalue weighted by Gasteiger charge is -2.54. The molecule has 0 unspecified atom stereocenters. The summed E-state index contributed by atoms with van der Waals surface area (Å²) in [6.07, 6.45) is 8.37. The van der Waals surface area contributed by atoms with Crippen molar-refractivity contribution < 1.29 is 10.1 Å². The molecule has 0 aliphatic heterocycles. The second-order valence-corrected chi connectivity index (χ2v) is 8.53. The Morgan fingerprint density at radius 2 is 1.65 bits per heavy atom. The van der Waals surface area contributed by atoms with Crippen LogP contribution in [0.4, 0.5) is 0 Å². The van der Waals surface area contributed by atoms with Gasteiger partial charge in [-0.1, -0.05) is 23.7 Å². The monoisotopic (exact) mass is 333 g/mol. The minimum absolute atomic E-state index is 0.149. The van der Waals surface area contributed by atoms with Crippen LogP contribution >= 0.6 is 11.6 Å². The Labute approximate surface area is 143 Å². The van der Waals surface area contributed by atoms with Crippen molar-refractivity contribution in [3.63, 3.8) is 0 Å². The molecule has 4 fully saturated rings. The third kappa shape index (κ3) is 3.41. The average molecular weight is 334 g/mol. The second-order valence-electron chi connectivity index (χ2n) is 8.09. The Balaban J connectivity index is 1.27. The van der Waals surface area contributed by atoms with E-state index in [-0.39, 0.29) is 5.91 Å². The molecular formula is C19H26ClN2O+. The molecule has 3 N–H and O–H groups in total. The fraction of sp³-hybridized carbons (Fsp3) is 0.632. The van der Waals surface area contributed by atoms with Crippen molar-refractivity contribution in [3.05, 3.63) is 34.9 Å². The van der Waals surface area contributed by atoms with Gasteiger partial charge in [-0.05, 0) is 54.7 Å². The third-order valence-corrected chi connectivity index (χ3v) is 6.46. The lowest BCUT2D eigenvalue weighted by atomic mass is 9.53. The molecule has 1 aromatic rings. The van der Waals surface area contributed by atoms with Gasteiger partial charge in [-0.2, -0.15) is 0 Å². The van der Waals surface area contributed by atoms with Crippen LogP contribution < -0.4 is 10.6 Å². The van der Waals surface area contributed by atoms with Crippen molar-refractivity contribution >= 4 is 17.5 Å². The third-order valence-electron chi connectivity index (χ3n) is 6.21. The van der Waals surface area contributed by atoms with Gasteiger partial charge in [0.25, 0.3) is 5.91 Å². The van der Waals surface area contributed by atoms with Crippen molar-refractivity contribution in [2.45, 2.75) is 50.6 Å². The highest BCUT2D eigenvalue weighted by atomic mass is 35.5. The van der Waals surface area contributed by atoms with Crippen molar-refractivity contribution in [1.29, 1.82) is 0 Å². The van der Waals surface area contributed by atoms with E-state index in [1.54, 1.807) is 0 Å². The molecule has 0 heterocycles. The van der Waals surface area contributed by atoms with Crippen molar-refractivity contribution in [3.8, 4) is 0 Å². The molecule has 0 aromatic heterocycles. The topological polar surface area (TPSA) is 45.7 Å². The van der Waals surface area contributed by atoms with Crippen LogP contribution in [0.2, 0.25) is 5.02 Å². The van der Waals surface area contributed by atoms with E-state index in [0.717, 1.165) is 28.3 Å². The predicted molar refractivity (Wildman–Crippen MR) is 91.0 cm³/mol. The zero-order chi connectivity index (χ0) is 15.9. The lowest BCUT2D eigenvalue weighted by molar-refractivity contribution is -0.730. The molecule has 4 heteroatoms. The summed E-state index contributed by atoms with van der Waals surface area (Å²) in [6.45, 7) is 1.16. The first kappa shape index (κ1) is 15.5. The predicted octanol–water partition coefficient (Wildman–Crippen LogP) is 2.49. The maximum absolute atomic E-state index is 12.2. The molecule has 23 heavy (non-hydrogen) atoms. The van der Waals surface area contributed by atoms with Gasteiger partial charge in [0, 0.05) is 30.8 Å². The van der Waals surface area contributed by atoms with Gasteiger partial charge in [0.05, 0.1) is 5.54 Å². The Morgan fingerprint density at radius 3 is 2.22 bits per heavy atom. The summed E-state index contributed by atoms with van der Waals surface area (Å²) < 4.78 is 0. The molecule has 1 aromatic carbocycles. The van der Waals surface area contributed by atoms with Gasteiger partial charge in [0.2, 0.25) is 0 Å². The molecule has 0 saturated heterocycles. The van der Waals surface area contributed by atoms with Crippen LogP contribution in [0.25, 0.3) is 0 Å². The minimum atomic E-state index is 0.149. The molecule has 0 atom stereocenters. The summed E-state index contributed by atoms with van der Waals surface area (Å²) >= 11 is 5.88. The van der Waals surface area contributed by atoms with Gasteiger partial charge in [-0.3, -0.25) is 4.79 Å². The summed E-state index contributed by atoms with van der Waals surface area (Å²) in [5.74, 6) is 2.97. The number of carbonyl (C=O) groups excluding carboxylic acids is 1. The first-order chi connectivity index (χ1) is 11.1. The normalized spacial score (nSPS) is 34.6. The van der Waals surface area contributed by atoms with Crippen molar-refractivity contribution in [1.82, 2.24) is 5.32 Å². The molecule has 124 valence electrons.